The molecule has 8 heteroatoms. The van der Waals surface area contributed by atoms with Gasteiger partial charge in [-0.1, -0.05) is 24.9 Å². The van der Waals surface area contributed by atoms with Gasteiger partial charge in [-0.15, -0.1) is 0 Å². The van der Waals surface area contributed by atoms with Gasteiger partial charge in [0.2, 0.25) is 5.91 Å². The monoisotopic (exact) mass is 348 g/mol. The summed E-state index contributed by atoms with van der Waals surface area (Å²) in [6.45, 7) is 2.59. The quantitative estimate of drug-likeness (QED) is 0.703. The normalized spacial score (nSPS) is 11.1. The molecule has 0 aliphatic heterocycles. The summed E-state index contributed by atoms with van der Waals surface area (Å²) in [5.74, 6) is 0.0554. The highest BCUT2D eigenvalue weighted by atomic mass is 35.5. The fourth-order valence-electron chi connectivity index (χ4n) is 1.84. The molecule has 0 unspecified atom stereocenters. The SMILES string of the molecule is CCCCNC(=O)CNc1ccc(OC)c(Cl)c1S(C)(=O)=O. The Balaban J connectivity index is 2.91. The molecule has 0 spiro atoms. The average Bonchev–Trinajstić information content (AvgIpc) is 2.44. The topological polar surface area (TPSA) is 84.5 Å². The Morgan fingerprint density at radius 2 is 2.05 bits per heavy atom. The van der Waals surface area contributed by atoms with Crippen LogP contribution < -0.4 is 15.4 Å². The molecule has 22 heavy (non-hydrogen) atoms. The first kappa shape index (κ1) is 18.6. The van der Waals surface area contributed by atoms with E-state index in [9.17, 15) is 13.2 Å². The number of hydrogen-bond acceptors (Lipinski definition) is 5. The van der Waals surface area contributed by atoms with Crippen molar-refractivity contribution in [3.63, 3.8) is 0 Å². The minimum atomic E-state index is -3.57. The van der Waals surface area contributed by atoms with Gasteiger partial charge in [0.1, 0.15) is 15.7 Å². The number of ether oxygens (including phenoxy) is 1. The molecule has 0 aromatic heterocycles. The Kier molecular flexibility index (Phi) is 6.96. The number of sulfone groups is 1. The van der Waals surface area contributed by atoms with Gasteiger partial charge in [-0.25, -0.2) is 8.42 Å². The predicted molar refractivity (Wildman–Crippen MR) is 87.5 cm³/mol. The third-order valence-electron chi connectivity index (χ3n) is 2.94. The van der Waals surface area contributed by atoms with Crippen LogP contribution in [0.3, 0.4) is 0 Å². The van der Waals surface area contributed by atoms with Gasteiger partial charge in [0.25, 0.3) is 0 Å². The maximum Gasteiger partial charge on any atom is 0.239 e. The number of hydrogen-bond donors (Lipinski definition) is 2. The number of methoxy groups -OCH3 is 1. The maximum absolute atomic E-state index is 11.9. The van der Waals surface area contributed by atoms with E-state index >= 15 is 0 Å². The number of unbranched alkanes of at least 4 members (excludes halogenated alkanes) is 1. The number of halogens is 1. The van der Waals surface area contributed by atoms with E-state index in [0.717, 1.165) is 19.1 Å². The van der Waals surface area contributed by atoms with Gasteiger partial charge in [-0.05, 0) is 18.6 Å². The first-order valence-corrected chi connectivity index (χ1v) is 9.15. The third kappa shape index (κ3) is 5.06. The highest BCUT2D eigenvalue weighted by Crippen LogP contribution is 2.36. The van der Waals surface area contributed by atoms with E-state index in [-0.39, 0.29) is 33.8 Å². The molecule has 0 radical (unpaired) electrons. The van der Waals surface area contributed by atoms with Crippen molar-refractivity contribution in [2.75, 3.05) is 31.8 Å². The molecule has 1 rings (SSSR count). The molecule has 0 atom stereocenters. The molecular weight excluding hydrogens is 328 g/mol. The summed E-state index contributed by atoms with van der Waals surface area (Å²) < 4.78 is 28.9. The minimum Gasteiger partial charge on any atom is -0.495 e. The number of anilines is 1. The summed E-state index contributed by atoms with van der Waals surface area (Å²) >= 11 is 6.07. The Morgan fingerprint density at radius 1 is 1.36 bits per heavy atom. The molecule has 6 nitrogen and oxygen atoms in total. The first-order chi connectivity index (χ1) is 10.3. The molecule has 0 saturated heterocycles. The van der Waals surface area contributed by atoms with Crippen molar-refractivity contribution in [3.05, 3.63) is 17.2 Å². The molecule has 0 aliphatic rings. The lowest BCUT2D eigenvalue weighted by molar-refractivity contribution is -0.119. The number of rotatable bonds is 8. The van der Waals surface area contributed by atoms with E-state index in [1.807, 2.05) is 6.92 Å². The van der Waals surface area contributed by atoms with Crippen LogP contribution in [-0.2, 0) is 14.6 Å². The lowest BCUT2D eigenvalue weighted by atomic mass is 10.3. The van der Waals surface area contributed by atoms with E-state index in [1.54, 1.807) is 6.07 Å². The zero-order valence-corrected chi connectivity index (χ0v) is 14.5. The lowest BCUT2D eigenvalue weighted by Crippen LogP contribution is -2.30. The largest absolute Gasteiger partial charge is 0.495 e. The van der Waals surface area contributed by atoms with Crippen molar-refractivity contribution in [2.24, 2.45) is 0 Å². The van der Waals surface area contributed by atoms with Crippen molar-refractivity contribution in [3.8, 4) is 5.75 Å². The molecular formula is C14H21ClN2O4S. The summed E-state index contributed by atoms with van der Waals surface area (Å²) in [5.41, 5.74) is 0.277. The Bertz CT molecular complexity index is 632. The number of carbonyl (C=O) groups excluding carboxylic acids is 1. The Morgan fingerprint density at radius 3 is 2.59 bits per heavy atom. The average molecular weight is 349 g/mol. The van der Waals surface area contributed by atoms with Crippen LogP contribution in [0.2, 0.25) is 5.02 Å². The van der Waals surface area contributed by atoms with E-state index < -0.39 is 9.84 Å². The number of benzene rings is 1. The lowest BCUT2D eigenvalue weighted by Gasteiger charge is -2.14. The molecule has 2 N–H and O–H groups in total. The molecule has 1 aromatic rings. The van der Waals surface area contributed by atoms with Gasteiger partial charge in [0, 0.05) is 12.8 Å². The second kappa shape index (κ2) is 8.24. The van der Waals surface area contributed by atoms with Crippen LogP contribution in [0.25, 0.3) is 0 Å². The van der Waals surface area contributed by atoms with Crippen LogP contribution >= 0.6 is 11.6 Å². The fourth-order valence-corrected chi connectivity index (χ4v) is 3.47. The number of amides is 1. The van der Waals surface area contributed by atoms with Crippen molar-refractivity contribution < 1.29 is 17.9 Å². The fraction of sp³-hybridized carbons (Fsp3) is 0.500. The van der Waals surface area contributed by atoms with Gasteiger partial charge in [0.05, 0.1) is 19.3 Å². The predicted octanol–water partition coefficient (Wildman–Crippen LogP) is 2.08. The highest BCUT2D eigenvalue weighted by molar-refractivity contribution is 7.91. The third-order valence-corrected chi connectivity index (χ3v) is 4.60. The number of carbonyl (C=O) groups is 1. The van der Waals surface area contributed by atoms with Crippen LogP contribution in [0.4, 0.5) is 5.69 Å². The van der Waals surface area contributed by atoms with E-state index in [4.69, 9.17) is 16.3 Å². The standard InChI is InChI=1S/C14H21ClN2O4S/c1-4-5-8-16-12(18)9-17-10-6-7-11(21-2)13(15)14(10)22(3,19)20/h6-7,17H,4-5,8-9H2,1-3H3,(H,16,18). The van der Waals surface area contributed by atoms with E-state index in [1.165, 1.54) is 13.2 Å². The molecule has 124 valence electrons. The summed E-state index contributed by atoms with van der Waals surface area (Å²) in [7, 11) is -2.17. The number of nitrogens with one attached hydrogen (secondary N) is 2. The summed E-state index contributed by atoms with van der Waals surface area (Å²) in [5, 5.41) is 5.55. The molecule has 1 amide bonds. The van der Waals surface area contributed by atoms with Gasteiger partial charge >= 0.3 is 0 Å². The van der Waals surface area contributed by atoms with Gasteiger partial charge in [-0.3, -0.25) is 4.79 Å². The van der Waals surface area contributed by atoms with Crippen LogP contribution in [0, 0.1) is 0 Å². The summed E-state index contributed by atoms with van der Waals surface area (Å²) in [4.78, 5) is 11.6. The van der Waals surface area contributed by atoms with Crippen LogP contribution in [0.1, 0.15) is 19.8 Å². The van der Waals surface area contributed by atoms with Crippen LogP contribution in [0.15, 0.2) is 17.0 Å². The second-order valence-electron chi connectivity index (χ2n) is 4.79. The zero-order chi connectivity index (χ0) is 16.8. The molecule has 0 fully saturated rings. The Hall–Kier alpha value is -1.47. The molecule has 0 heterocycles. The molecule has 0 aliphatic carbocycles. The van der Waals surface area contributed by atoms with Gasteiger partial charge in [0.15, 0.2) is 9.84 Å². The highest BCUT2D eigenvalue weighted by Gasteiger charge is 2.21. The summed E-state index contributed by atoms with van der Waals surface area (Å²) in [6.07, 6.45) is 2.94. The molecule has 0 bridgehead atoms. The maximum atomic E-state index is 11.9. The second-order valence-corrected chi connectivity index (χ2v) is 7.12. The van der Waals surface area contributed by atoms with E-state index in [2.05, 4.69) is 10.6 Å². The van der Waals surface area contributed by atoms with Crippen molar-refractivity contribution in [2.45, 2.75) is 24.7 Å². The van der Waals surface area contributed by atoms with E-state index in [0.29, 0.717) is 6.54 Å². The van der Waals surface area contributed by atoms with Crippen LogP contribution in [0.5, 0.6) is 5.75 Å². The van der Waals surface area contributed by atoms with Crippen molar-refractivity contribution >= 4 is 33.0 Å². The first-order valence-electron chi connectivity index (χ1n) is 6.88. The summed E-state index contributed by atoms with van der Waals surface area (Å²) in [6, 6.07) is 3.08. The van der Waals surface area contributed by atoms with Crippen molar-refractivity contribution in [1.29, 1.82) is 0 Å². The van der Waals surface area contributed by atoms with Crippen molar-refractivity contribution in [1.82, 2.24) is 5.32 Å². The molecule has 0 saturated carbocycles. The van der Waals surface area contributed by atoms with Gasteiger partial charge < -0.3 is 15.4 Å². The zero-order valence-electron chi connectivity index (χ0n) is 12.9. The Labute approximate surface area is 136 Å². The smallest absolute Gasteiger partial charge is 0.239 e. The molecule has 1 aromatic carbocycles. The van der Waals surface area contributed by atoms with Crippen LogP contribution in [-0.4, -0.2) is 40.8 Å². The minimum absolute atomic E-state index is 0.00129. The van der Waals surface area contributed by atoms with Gasteiger partial charge in [-0.2, -0.15) is 0 Å².